The zero-order chi connectivity index (χ0) is 15.0. The Morgan fingerprint density at radius 3 is 2.05 bits per heavy atom. The van der Waals surface area contributed by atoms with Crippen LogP contribution in [0.3, 0.4) is 0 Å². The highest BCUT2D eigenvalue weighted by Gasteiger charge is 2.14. The summed E-state index contributed by atoms with van der Waals surface area (Å²) in [7, 11) is 0. The molecule has 2 aromatic carbocycles. The van der Waals surface area contributed by atoms with Gasteiger partial charge in [0.2, 0.25) is 0 Å². The Bertz CT molecular complexity index is 534. The van der Waals surface area contributed by atoms with Crippen molar-refractivity contribution < 1.29 is 0 Å². The highest BCUT2D eigenvalue weighted by molar-refractivity contribution is 5.32. The molecule has 0 saturated heterocycles. The Balaban J connectivity index is 1.67. The maximum Gasteiger partial charge on any atom is 0.0175 e. The molecule has 0 saturated carbocycles. The number of hydrogen-bond acceptors (Lipinski definition) is 1. The molecule has 0 radical (unpaired) electrons. The van der Waals surface area contributed by atoms with E-state index in [0.717, 1.165) is 0 Å². The fraction of sp³-hybridized carbons (Fsp3) is 0.333. The molecular formula is C21H25N. The first-order chi connectivity index (χ1) is 10.9. The molecular weight excluding hydrogens is 266 g/mol. The van der Waals surface area contributed by atoms with Crippen molar-refractivity contribution in [3.05, 3.63) is 84.1 Å². The second-order valence-corrected chi connectivity index (χ2v) is 6.08. The fourth-order valence-corrected chi connectivity index (χ4v) is 3.29. The molecule has 1 aliphatic heterocycles. The molecule has 22 heavy (non-hydrogen) atoms. The summed E-state index contributed by atoms with van der Waals surface area (Å²) >= 11 is 0. The Hall–Kier alpha value is -2.02. The minimum absolute atomic E-state index is 0.510. The van der Waals surface area contributed by atoms with Gasteiger partial charge >= 0.3 is 0 Å². The van der Waals surface area contributed by atoms with E-state index in [4.69, 9.17) is 0 Å². The highest BCUT2D eigenvalue weighted by atomic mass is 15.1. The van der Waals surface area contributed by atoms with Gasteiger partial charge in [0.1, 0.15) is 0 Å². The van der Waals surface area contributed by atoms with Crippen LogP contribution in [0.5, 0.6) is 0 Å². The van der Waals surface area contributed by atoms with Gasteiger partial charge in [-0.1, -0.05) is 66.7 Å². The second-order valence-electron chi connectivity index (χ2n) is 6.08. The van der Waals surface area contributed by atoms with E-state index in [0.29, 0.717) is 5.92 Å². The largest absolute Gasteiger partial charge is 0.378 e. The monoisotopic (exact) mass is 291 g/mol. The average Bonchev–Trinajstić information content (AvgIpc) is 2.61. The quantitative estimate of drug-likeness (QED) is 0.706. The van der Waals surface area contributed by atoms with Gasteiger partial charge in [0, 0.05) is 19.0 Å². The highest BCUT2D eigenvalue weighted by Crippen LogP contribution is 2.29. The van der Waals surface area contributed by atoms with Crippen LogP contribution >= 0.6 is 0 Å². The number of hydrogen-bond donors (Lipinski definition) is 0. The van der Waals surface area contributed by atoms with Gasteiger partial charge in [-0.2, -0.15) is 0 Å². The van der Waals surface area contributed by atoms with E-state index in [1.165, 1.54) is 49.9 Å². The van der Waals surface area contributed by atoms with Gasteiger partial charge < -0.3 is 4.90 Å². The number of rotatable bonds is 6. The zero-order valence-electron chi connectivity index (χ0n) is 13.2. The maximum atomic E-state index is 2.47. The van der Waals surface area contributed by atoms with Crippen molar-refractivity contribution in [2.75, 3.05) is 13.1 Å². The van der Waals surface area contributed by atoms with Crippen LogP contribution in [0.15, 0.2) is 72.9 Å². The van der Waals surface area contributed by atoms with Crippen molar-refractivity contribution in [2.45, 2.75) is 31.6 Å². The number of allylic oxidation sites excluding steroid dienone is 1. The summed E-state index contributed by atoms with van der Waals surface area (Å²) in [6, 6.07) is 21.9. The molecule has 0 N–H and O–H groups in total. The van der Waals surface area contributed by atoms with Crippen molar-refractivity contribution in [3.63, 3.8) is 0 Å². The van der Waals surface area contributed by atoms with Gasteiger partial charge in [0.25, 0.3) is 0 Å². The topological polar surface area (TPSA) is 3.24 Å². The molecule has 1 heteroatoms. The van der Waals surface area contributed by atoms with E-state index >= 15 is 0 Å². The third-order valence-corrected chi connectivity index (χ3v) is 4.47. The fourth-order valence-electron chi connectivity index (χ4n) is 3.29. The average molecular weight is 291 g/mol. The van der Waals surface area contributed by atoms with Crippen LogP contribution in [0.2, 0.25) is 0 Å². The minimum atomic E-state index is 0.510. The van der Waals surface area contributed by atoms with Gasteiger partial charge in [-0.3, -0.25) is 0 Å². The number of benzene rings is 2. The normalized spacial score (nSPS) is 14.5. The summed E-state index contributed by atoms with van der Waals surface area (Å²) in [5.41, 5.74) is 2.87. The SMILES string of the molecule is C1=CN(CCCC(c2ccccc2)c2ccccc2)CCC1. The standard InChI is InChI=1S/C21H25N/c1-4-11-19(12-5-1)21(20-13-6-2-7-14-20)15-10-18-22-16-8-3-9-17-22/h1-2,4-8,11-14,16,21H,3,9-10,15,17-18H2. The molecule has 0 aromatic heterocycles. The summed E-state index contributed by atoms with van der Waals surface area (Å²) in [6.07, 6.45) is 9.57. The molecule has 0 atom stereocenters. The summed E-state index contributed by atoms with van der Waals surface area (Å²) in [4.78, 5) is 2.47. The van der Waals surface area contributed by atoms with Crippen molar-refractivity contribution >= 4 is 0 Å². The predicted octanol–water partition coefficient (Wildman–Crippen LogP) is 5.21. The Morgan fingerprint density at radius 1 is 0.864 bits per heavy atom. The lowest BCUT2D eigenvalue weighted by Gasteiger charge is -2.25. The first-order valence-electron chi connectivity index (χ1n) is 8.44. The van der Waals surface area contributed by atoms with Crippen LogP contribution in [0.25, 0.3) is 0 Å². The molecule has 0 unspecified atom stereocenters. The molecule has 0 spiro atoms. The molecule has 1 nitrogen and oxygen atoms in total. The third-order valence-electron chi connectivity index (χ3n) is 4.47. The van der Waals surface area contributed by atoms with Gasteiger partial charge in [-0.05, 0) is 43.0 Å². The Kier molecular flexibility index (Phi) is 5.31. The van der Waals surface area contributed by atoms with Crippen LogP contribution in [-0.4, -0.2) is 18.0 Å². The Morgan fingerprint density at radius 2 is 1.50 bits per heavy atom. The summed E-state index contributed by atoms with van der Waals surface area (Å²) in [5, 5.41) is 0. The summed E-state index contributed by atoms with van der Waals surface area (Å²) in [5.74, 6) is 0.510. The van der Waals surface area contributed by atoms with Crippen LogP contribution in [0, 0.1) is 0 Å². The third kappa shape index (κ3) is 4.00. The van der Waals surface area contributed by atoms with Crippen LogP contribution in [0.4, 0.5) is 0 Å². The van der Waals surface area contributed by atoms with E-state index in [-0.39, 0.29) is 0 Å². The lowest BCUT2D eigenvalue weighted by molar-refractivity contribution is 0.343. The van der Waals surface area contributed by atoms with E-state index in [2.05, 4.69) is 77.8 Å². The molecule has 0 bridgehead atoms. The smallest absolute Gasteiger partial charge is 0.0175 e. The molecule has 0 amide bonds. The number of nitrogens with zero attached hydrogens (tertiary/aromatic N) is 1. The zero-order valence-corrected chi connectivity index (χ0v) is 13.2. The first kappa shape index (κ1) is 14.9. The van der Waals surface area contributed by atoms with Gasteiger partial charge in [-0.25, -0.2) is 0 Å². The second kappa shape index (κ2) is 7.84. The molecule has 0 fully saturated rings. The predicted molar refractivity (Wildman–Crippen MR) is 93.9 cm³/mol. The molecule has 114 valence electrons. The lowest BCUT2D eigenvalue weighted by atomic mass is 9.87. The minimum Gasteiger partial charge on any atom is -0.378 e. The van der Waals surface area contributed by atoms with Crippen molar-refractivity contribution in [3.8, 4) is 0 Å². The van der Waals surface area contributed by atoms with E-state index < -0.39 is 0 Å². The van der Waals surface area contributed by atoms with Crippen LogP contribution in [-0.2, 0) is 0 Å². The van der Waals surface area contributed by atoms with Gasteiger partial charge in [0.15, 0.2) is 0 Å². The van der Waals surface area contributed by atoms with E-state index in [1.54, 1.807) is 0 Å². The Labute approximate surface area is 134 Å². The van der Waals surface area contributed by atoms with Crippen molar-refractivity contribution in [2.24, 2.45) is 0 Å². The summed E-state index contributed by atoms with van der Waals surface area (Å²) < 4.78 is 0. The van der Waals surface area contributed by atoms with Crippen LogP contribution in [0.1, 0.15) is 42.7 Å². The lowest BCUT2D eigenvalue weighted by Crippen LogP contribution is -2.22. The van der Waals surface area contributed by atoms with Gasteiger partial charge in [0.05, 0.1) is 0 Å². The molecule has 0 aliphatic carbocycles. The van der Waals surface area contributed by atoms with Crippen LogP contribution < -0.4 is 0 Å². The van der Waals surface area contributed by atoms with Gasteiger partial charge in [-0.15, -0.1) is 0 Å². The van der Waals surface area contributed by atoms with E-state index in [9.17, 15) is 0 Å². The molecule has 1 heterocycles. The molecule has 2 aromatic rings. The van der Waals surface area contributed by atoms with Crippen molar-refractivity contribution in [1.29, 1.82) is 0 Å². The summed E-state index contributed by atoms with van der Waals surface area (Å²) in [6.45, 7) is 2.39. The molecule has 3 rings (SSSR count). The van der Waals surface area contributed by atoms with E-state index in [1.807, 2.05) is 0 Å². The molecule has 1 aliphatic rings. The first-order valence-corrected chi connectivity index (χ1v) is 8.44. The van der Waals surface area contributed by atoms with Crippen molar-refractivity contribution in [1.82, 2.24) is 4.90 Å². The maximum absolute atomic E-state index is 2.47.